The molecule has 16 heteroatoms. The van der Waals surface area contributed by atoms with Gasteiger partial charge >= 0.3 is 41.8 Å². The van der Waals surface area contributed by atoms with Gasteiger partial charge in [-0.2, -0.15) is 0 Å². The van der Waals surface area contributed by atoms with Crippen LogP contribution < -0.4 is 0 Å². The lowest BCUT2D eigenvalue weighted by molar-refractivity contribution is -0.225. The Kier molecular flexibility index (Phi) is 18.9. The molecule has 0 amide bonds. The van der Waals surface area contributed by atoms with E-state index in [9.17, 15) is 48.6 Å². The summed E-state index contributed by atoms with van der Waals surface area (Å²) in [6.07, 6.45) is 17.5. The summed E-state index contributed by atoms with van der Waals surface area (Å²) >= 11 is 0. The molecule has 8 atom stereocenters. The van der Waals surface area contributed by atoms with E-state index in [1.165, 1.54) is 24.6 Å². The topological polar surface area (TPSA) is 243 Å². The highest BCUT2D eigenvalue weighted by Crippen LogP contribution is 2.64. The highest BCUT2D eigenvalue weighted by Gasteiger charge is 2.64. The van der Waals surface area contributed by atoms with E-state index in [1.807, 2.05) is 69.2 Å². The Hall–Kier alpha value is -4.86. The number of carbonyl (C=O) groups is 8. The number of carbonyl (C=O) groups excluding carboxylic acids is 6. The second-order valence-electron chi connectivity index (χ2n) is 28.9. The summed E-state index contributed by atoms with van der Waals surface area (Å²) in [7, 11) is 0. The molecule has 0 saturated heterocycles. The molecule has 1 aromatic rings. The number of aromatic carboxylic acids is 1. The first-order valence-electron chi connectivity index (χ1n) is 30.6. The molecule has 0 radical (unpaired) electrons. The lowest BCUT2D eigenvalue weighted by Gasteiger charge is -2.59. The molecule has 81 heavy (non-hydrogen) atoms. The number of benzene rings is 1. The minimum atomic E-state index is -1.21. The summed E-state index contributed by atoms with van der Waals surface area (Å²) in [5.74, 6) is -0.199. The molecule has 13 rings (SSSR count). The average molecular weight is 1130 g/mol. The van der Waals surface area contributed by atoms with Gasteiger partial charge in [-0.15, -0.1) is 0 Å². The van der Waals surface area contributed by atoms with Crippen molar-refractivity contribution in [2.24, 2.45) is 69.0 Å². The Morgan fingerprint density at radius 1 is 0.568 bits per heavy atom. The lowest BCUT2D eigenvalue weighted by Crippen LogP contribution is -2.61. The minimum absolute atomic E-state index is 0.0323. The number of hydrogen-bond donors (Lipinski definition) is 3. The van der Waals surface area contributed by atoms with Crippen LogP contribution in [0.25, 0.3) is 0 Å². The van der Waals surface area contributed by atoms with Gasteiger partial charge in [0.05, 0.1) is 44.3 Å². The smallest absolute Gasteiger partial charge is 0.339 e. The third-order valence-electron chi connectivity index (χ3n) is 20.8. The van der Waals surface area contributed by atoms with Crippen molar-refractivity contribution < 1.29 is 77.4 Å². The summed E-state index contributed by atoms with van der Waals surface area (Å²) in [5.41, 5.74) is -3.84. The number of hydrogen-bond acceptors (Lipinski definition) is 14. The normalized spacial score (nSPS) is 34.1. The number of esters is 5. The maximum atomic E-state index is 12.5. The van der Waals surface area contributed by atoms with Crippen molar-refractivity contribution in [3.63, 3.8) is 0 Å². The third-order valence-corrected chi connectivity index (χ3v) is 20.8. The second-order valence-corrected chi connectivity index (χ2v) is 28.9. The average Bonchev–Trinajstić information content (AvgIpc) is 3.39. The molecule has 8 unspecified atom stereocenters. The van der Waals surface area contributed by atoms with Crippen molar-refractivity contribution in [3.8, 4) is 0 Å². The molecular weight excluding hydrogens is 1040 g/mol. The monoisotopic (exact) mass is 1130 g/mol. The summed E-state index contributed by atoms with van der Waals surface area (Å²) in [5, 5.41) is 29.4. The van der Waals surface area contributed by atoms with Gasteiger partial charge in [-0.25, -0.2) is 9.59 Å². The van der Waals surface area contributed by atoms with Crippen LogP contribution in [0, 0.1) is 69.0 Å². The van der Waals surface area contributed by atoms with Gasteiger partial charge in [0.25, 0.3) is 0 Å². The molecule has 452 valence electrons. The van der Waals surface area contributed by atoms with E-state index in [-0.39, 0.29) is 70.6 Å². The highest BCUT2D eigenvalue weighted by atomic mass is 16.6. The quantitative estimate of drug-likeness (QED) is 0.0970. The molecule has 12 bridgehead atoms. The van der Waals surface area contributed by atoms with Gasteiger partial charge in [0.2, 0.25) is 0 Å². The first kappa shape index (κ1) is 63.7. The zero-order valence-corrected chi connectivity index (χ0v) is 50.7. The fraction of sp³-hybridized carbons (Fsp3) is 0.785. The van der Waals surface area contributed by atoms with Gasteiger partial charge < -0.3 is 39.0 Å². The van der Waals surface area contributed by atoms with E-state index >= 15 is 0 Å². The van der Waals surface area contributed by atoms with Crippen molar-refractivity contribution in [2.75, 3.05) is 6.61 Å². The third kappa shape index (κ3) is 14.2. The number of aliphatic hydroxyl groups is 1. The van der Waals surface area contributed by atoms with Crippen molar-refractivity contribution in [2.45, 2.75) is 246 Å². The summed E-state index contributed by atoms with van der Waals surface area (Å²) in [6, 6.07) is 5.78. The molecule has 0 heterocycles. The maximum absolute atomic E-state index is 12.5. The molecule has 12 aliphatic rings. The zero-order chi connectivity index (χ0) is 59.9. The van der Waals surface area contributed by atoms with Crippen LogP contribution in [0.4, 0.5) is 0 Å². The molecule has 16 nitrogen and oxygen atoms in total. The summed E-state index contributed by atoms with van der Waals surface area (Å²) < 4.78 is 28.1. The molecule has 12 fully saturated rings. The fourth-order valence-electron chi connectivity index (χ4n) is 15.7. The van der Waals surface area contributed by atoms with Gasteiger partial charge in [-0.1, -0.05) is 46.8 Å². The van der Waals surface area contributed by atoms with E-state index in [1.54, 1.807) is 19.9 Å². The maximum Gasteiger partial charge on any atom is 0.339 e. The fourth-order valence-corrected chi connectivity index (χ4v) is 15.7. The van der Waals surface area contributed by atoms with E-state index < -0.39 is 56.9 Å². The van der Waals surface area contributed by atoms with Crippen LogP contribution in [-0.4, -0.2) is 98.0 Å². The van der Waals surface area contributed by atoms with Crippen molar-refractivity contribution in [1.82, 2.24) is 0 Å². The van der Waals surface area contributed by atoms with Gasteiger partial charge in [0.1, 0.15) is 35.3 Å². The Bertz CT molecular complexity index is 2490. The molecular formula is C65H96O16. The Labute approximate surface area is 480 Å². The van der Waals surface area contributed by atoms with Gasteiger partial charge in [-0.05, 0) is 212 Å². The first-order valence-corrected chi connectivity index (χ1v) is 30.6. The predicted octanol–water partition coefficient (Wildman–Crippen LogP) is 12.1. The molecule has 12 aliphatic carbocycles. The van der Waals surface area contributed by atoms with Crippen LogP contribution >= 0.6 is 0 Å². The number of ketones is 1. The van der Waals surface area contributed by atoms with Gasteiger partial charge in [0, 0.05) is 24.7 Å². The van der Waals surface area contributed by atoms with Crippen LogP contribution in [0.3, 0.4) is 0 Å². The molecule has 1 aromatic carbocycles. The van der Waals surface area contributed by atoms with Gasteiger partial charge in [0.15, 0.2) is 0 Å². The van der Waals surface area contributed by atoms with Crippen LogP contribution in [0.1, 0.15) is 239 Å². The number of aliphatic carboxylic acids is 1. The molecule has 0 aliphatic heterocycles. The SMILES string of the molecule is CCC(C)(C)C(=O)OC12CC3CC(C1)C(=O)C(C3)C2.CCC(C)(C)C(=O)OC12CC3CC(C1)CC(C(=O)O)(C3)C2.CCC(C)(C)C(=O)OC12CC3CC(CC(O)(C3)C1)C2.CCC(C)C(=O)OCC(C)OC(=O)c1ccccc1C(=O)O. The van der Waals surface area contributed by atoms with Crippen LogP contribution in [0.15, 0.2) is 24.3 Å². The Balaban J connectivity index is 0.000000156. The summed E-state index contributed by atoms with van der Waals surface area (Å²) in [6.45, 7) is 22.8. The number of Topliss-reactive ketones (excluding diaryl/α,β-unsaturated/α-hetero) is 1. The molecule has 0 aromatic heterocycles. The zero-order valence-electron chi connectivity index (χ0n) is 50.7. The van der Waals surface area contributed by atoms with Crippen molar-refractivity contribution >= 4 is 47.6 Å². The standard InChI is InChI=1S/C17H26O4.C16H20O6.C16H26O3.C16H24O3/c1-4-15(2,3)14(20)21-17-8-11-5-12(9-17)7-16(6-11,10-17)13(18)19;1-4-10(2)15(19)21-9-11(3)22-16(20)13-8-6-5-7-12(13)14(17)18;1-4-14(2,3)13(17)19-16-8-11-5-12(9-16)7-15(18,6-11)10-16;1-4-15(2,3)14(18)19-16-7-10-5-11(8-16)13(17)12(6-10)9-16/h11-12H,4-10H2,1-3H3,(H,18,19);5-8,10-11H,4,9H2,1-3H3,(H,17,18);11-12,18H,4-10H2,1-3H3;10-12H,4-9H2,1-3H3. The van der Waals surface area contributed by atoms with Gasteiger partial charge in [-0.3, -0.25) is 28.8 Å². The molecule has 0 spiro atoms. The Morgan fingerprint density at radius 2 is 0.988 bits per heavy atom. The minimum Gasteiger partial charge on any atom is -0.481 e. The van der Waals surface area contributed by atoms with E-state index in [2.05, 4.69) is 0 Å². The highest BCUT2D eigenvalue weighted by molar-refractivity contribution is 6.02. The van der Waals surface area contributed by atoms with E-state index in [4.69, 9.17) is 28.8 Å². The van der Waals surface area contributed by atoms with Crippen LogP contribution in [-0.2, 0) is 52.5 Å². The second kappa shape index (κ2) is 24.0. The van der Waals surface area contributed by atoms with Crippen LogP contribution in [0.2, 0.25) is 0 Å². The Morgan fingerprint density at radius 3 is 1.41 bits per heavy atom. The summed E-state index contributed by atoms with van der Waals surface area (Å²) in [4.78, 5) is 95.7. The largest absolute Gasteiger partial charge is 0.481 e. The number of carboxylic acid groups (broad SMARTS) is 2. The predicted molar refractivity (Wildman–Crippen MR) is 300 cm³/mol. The van der Waals surface area contributed by atoms with Crippen molar-refractivity contribution in [3.05, 3.63) is 35.4 Å². The van der Waals surface area contributed by atoms with E-state index in [0.717, 1.165) is 109 Å². The number of rotatable bonds is 17. The van der Waals surface area contributed by atoms with Crippen LogP contribution in [0.5, 0.6) is 0 Å². The lowest BCUT2D eigenvalue weighted by atomic mass is 9.48. The molecule has 12 saturated carbocycles. The van der Waals surface area contributed by atoms with Crippen molar-refractivity contribution in [1.29, 1.82) is 0 Å². The number of carboxylic acids is 2. The molecule has 3 N–H and O–H groups in total. The number of ether oxygens (including phenoxy) is 5. The first-order chi connectivity index (χ1) is 37.7. The van der Waals surface area contributed by atoms with E-state index in [0.29, 0.717) is 54.6 Å².